The zero-order valence-corrected chi connectivity index (χ0v) is 19.0. The minimum Gasteiger partial charge on any atom is -0.289 e. The van der Waals surface area contributed by atoms with Crippen molar-refractivity contribution in [2.75, 3.05) is 6.54 Å². The van der Waals surface area contributed by atoms with Gasteiger partial charge in [-0.3, -0.25) is 4.90 Å². The Morgan fingerprint density at radius 3 is 2.30 bits per heavy atom. The minimum absolute atomic E-state index is 0.0286. The lowest BCUT2D eigenvalue weighted by atomic mass is 9.82. The Morgan fingerprint density at radius 1 is 1.07 bits per heavy atom. The first kappa shape index (κ1) is 21.2. The van der Waals surface area contributed by atoms with Crippen LogP contribution in [0.2, 0.25) is 0 Å². The molecule has 0 spiro atoms. The molecule has 0 amide bonds. The van der Waals surface area contributed by atoms with Crippen LogP contribution in [0.3, 0.4) is 0 Å². The van der Waals surface area contributed by atoms with Crippen LogP contribution in [-0.4, -0.2) is 17.5 Å². The van der Waals surface area contributed by atoms with Crippen LogP contribution < -0.4 is 0 Å². The Hall–Kier alpha value is -2.00. The molecule has 0 aromatic heterocycles. The van der Waals surface area contributed by atoms with E-state index in [1.54, 1.807) is 12.1 Å². The lowest BCUT2D eigenvalue weighted by Gasteiger charge is -2.45. The van der Waals surface area contributed by atoms with Crippen molar-refractivity contribution in [3.8, 4) is 0 Å². The topological polar surface area (TPSA) is 3.24 Å². The number of nitrogens with zero attached hydrogens (tertiary/aromatic N) is 1. The molecule has 30 heavy (non-hydrogen) atoms. The van der Waals surface area contributed by atoms with Crippen LogP contribution in [0.15, 0.2) is 42.0 Å². The molecule has 2 aromatic carbocycles. The lowest BCUT2D eigenvalue weighted by molar-refractivity contribution is 0.101. The standard InChI is InChI=1S/C27H33F2N/c1-16(2)19-13-23(28)25(24(29)14-19)26-22-12-18-9-7-8-10-20(18)21(22)11-17(3)30(26)15-27(4,5)6/h7-10,13-14,16-17,26H,11-12,15H2,1-6H3/t17-,26+/m1/s1. The molecule has 1 nitrogen and oxygen atoms in total. The first-order chi connectivity index (χ1) is 14.1. The molecule has 0 unspecified atom stereocenters. The lowest BCUT2D eigenvalue weighted by Crippen LogP contribution is -2.45. The molecule has 160 valence electrons. The highest BCUT2D eigenvalue weighted by atomic mass is 19.1. The average molecular weight is 410 g/mol. The van der Waals surface area contributed by atoms with E-state index in [0.29, 0.717) is 5.56 Å². The quantitative estimate of drug-likeness (QED) is 0.515. The van der Waals surface area contributed by atoms with Crippen LogP contribution in [0.25, 0.3) is 5.57 Å². The molecule has 0 radical (unpaired) electrons. The van der Waals surface area contributed by atoms with E-state index in [1.807, 2.05) is 13.8 Å². The van der Waals surface area contributed by atoms with E-state index >= 15 is 8.78 Å². The molecule has 2 atom stereocenters. The molecule has 1 heterocycles. The van der Waals surface area contributed by atoms with Gasteiger partial charge in [-0.15, -0.1) is 0 Å². The SMILES string of the molecule is CC(C)c1cc(F)c([C@@H]2C3=C(C[C@@H](C)N2CC(C)(C)C)c2ccccc2C3)c(F)c1. The van der Waals surface area contributed by atoms with Gasteiger partial charge in [-0.2, -0.15) is 0 Å². The van der Waals surface area contributed by atoms with Gasteiger partial charge in [0.15, 0.2) is 0 Å². The third kappa shape index (κ3) is 3.73. The van der Waals surface area contributed by atoms with Gasteiger partial charge in [-0.25, -0.2) is 8.78 Å². The molecular formula is C27H33F2N. The van der Waals surface area contributed by atoms with Gasteiger partial charge in [0.05, 0.1) is 6.04 Å². The van der Waals surface area contributed by atoms with Crippen LogP contribution >= 0.6 is 0 Å². The summed E-state index contributed by atoms with van der Waals surface area (Å²) < 4.78 is 31.0. The van der Waals surface area contributed by atoms with Crippen molar-refractivity contribution in [1.82, 2.24) is 4.90 Å². The van der Waals surface area contributed by atoms with E-state index < -0.39 is 11.6 Å². The second-order valence-corrected chi connectivity index (χ2v) is 10.6. The van der Waals surface area contributed by atoms with E-state index in [0.717, 1.165) is 19.4 Å². The highest BCUT2D eigenvalue weighted by Crippen LogP contribution is 2.50. The molecule has 2 aliphatic rings. The number of fused-ring (bicyclic) bond motifs is 2. The van der Waals surface area contributed by atoms with Gasteiger partial charge in [0.25, 0.3) is 0 Å². The van der Waals surface area contributed by atoms with Gasteiger partial charge in [-0.1, -0.05) is 58.9 Å². The van der Waals surface area contributed by atoms with Gasteiger partial charge in [0, 0.05) is 18.2 Å². The average Bonchev–Trinajstić information content (AvgIpc) is 3.00. The molecule has 1 aliphatic carbocycles. The monoisotopic (exact) mass is 409 g/mol. The van der Waals surface area contributed by atoms with Crippen molar-refractivity contribution < 1.29 is 8.78 Å². The normalized spacial score (nSPS) is 21.9. The summed E-state index contributed by atoms with van der Waals surface area (Å²) in [5.41, 5.74) is 5.96. The van der Waals surface area contributed by atoms with Gasteiger partial charge >= 0.3 is 0 Å². The number of hydrogen-bond acceptors (Lipinski definition) is 1. The van der Waals surface area contributed by atoms with E-state index in [1.165, 1.54) is 22.3 Å². The second kappa shape index (κ2) is 7.60. The summed E-state index contributed by atoms with van der Waals surface area (Å²) in [6.07, 6.45) is 1.70. The van der Waals surface area contributed by atoms with Gasteiger partial charge in [-0.05, 0) is 71.1 Å². The van der Waals surface area contributed by atoms with E-state index in [-0.39, 0.29) is 29.0 Å². The van der Waals surface area contributed by atoms with Crippen molar-refractivity contribution >= 4 is 5.57 Å². The van der Waals surface area contributed by atoms with E-state index in [2.05, 4.69) is 56.9 Å². The molecule has 1 aliphatic heterocycles. The molecule has 4 rings (SSSR count). The molecule has 0 saturated carbocycles. The Morgan fingerprint density at radius 2 is 1.70 bits per heavy atom. The largest absolute Gasteiger partial charge is 0.289 e. The van der Waals surface area contributed by atoms with Crippen molar-refractivity contribution in [2.24, 2.45) is 5.41 Å². The number of halogens is 2. The summed E-state index contributed by atoms with van der Waals surface area (Å²) in [6.45, 7) is 13.5. The Bertz CT molecular complexity index is 973. The Labute approximate surface area is 179 Å². The summed E-state index contributed by atoms with van der Waals surface area (Å²) >= 11 is 0. The molecule has 2 aromatic rings. The Kier molecular flexibility index (Phi) is 5.38. The van der Waals surface area contributed by atoms with E-state index in [9.17, 15) is 0 Å². The van der Waals surface area contributed by atoms with E-state index in [4.69, 9.17) is 0 Å². The Balaban J connectivity index is 1.90. The van der Waals surface area contributed by atoms with Gasteiger partial charge in [0.1, 0.15) is 11.6 Å². The summed E-state index contributed by atoms with van der Waals surface area (Å²) in [4.78, 5) is 2.33. The maximum atomic E-state index is 15.5. The number of benzene rings is 2. The van der Waals surface area contributed by atoms with Crippen molar-refractivity contribution in [1.29, 1.82) is 0 Å². The fourth-order valence-corrected chi connectivity index (χ4v) is 5.16. The number of rotatable bonds is 3. The fourth-order valence-electron chi connectivity index (χ4n) is 5.16. The number of hydrogen-bond donors (Lipinski definition) is 0. The third-order valence-corrected chi connectivity index (χ3v) is 6.54. The van der Waals surface area contributed by atoms with Gasteiger partial charge in [0.2, 0.25) is 0 Å². The van der Waals surface area contributed by atoms with Crippen LogP contribution in [0.1, 0.15) is 82.2 Å². The summed E-state index contributed by atoms with van der Waals surface area (Å²) in [6, 6.07) is 11.4. The summed E-state index contributed by atoms with van der Waals surface area (Å²) in [5, 5.41) is 0. The fraction of sp³-hybridized carbons (Fsp3) is 0.481. The first-order valence-corrected chi connectivity index (χ1v) is 11.1. The predicted molar refractivity (Wildman–Crippen MR) is 120 cm³/mol. The van der Waals surface area contributed by atoms with Crippen LogP contribution in [0.5, 0.6) is 0 Å². The molecule has 0 N–H and O–H groups in total. The molecule has 0 saturated heterocycles. The first-order valence-electron chi connectivity index (χ1n) is 11.1. The van der Waals surface area contributed by atoms with Crippen molar-refractivity contribution in [3.05, 3.63) is 75.9 Å². The zero-order valence-electron chi connectivity index (χ0n) is 19.0. The van der Waals surface area contributed by atoms with Crippen LogP contribution in [-0.2, 0) is 6.42 Å². The summed E-state index contributed by atoms with van der Waals surface area (Å²) in [7, 11) is 0. The molecular weight excluding hydrogens is 376 g/mol. The molecule has 0 bridgehead atoms. The zero-order chi connectivity index (χ0) is 21.8. The summed E-state index contributed by atoms with van der Waals surface area (Å²) in [5.74, 6) is -0.747. The smallest absolute Gasteiger partial charge is 0.131 e. The maximum Gasteiger partial charge on any atom is 0.131 e. The van der Waals surface area contributed by atoms with Gasteiger partial charge < -0.3 is 0 Å². The molecule has 0 fully saturated rings. The predicted octanol–water partition coefficient (Wildman–Crippen LogP) is 7.28. The highest BCUT2D eigenvalue weighted by Gasteiger charge is 2.42. The highest BCUT2D eigenvalue weighted by molar-refractivity contribution is 5.79. The van der Waals surface area contributed by atoms with Crippen LogP contribution in [0.4, 0.5) is 8.78 Å². The third-order valence-electron chi connectivity index (χ3n) is 6.54. The van der Waals surface area contributed by atoms with Crippen molar-refractivity contribution in [2.45, 2.75) is 72.4 Å². The van der Waals surface area contributed by atoms with Crippen molar-refractivity contribution in [3.63, 3.8) is 0 Å². The second-order valence-electron chi connectivity index (χ2n) is 10.6. The maximum absolute atomic E-state index is 15.5. The minimum atomic E-state index is -0.417. The van der Waals surface area contributed by atoms with Crippen LogP contribution in [0, 0.1) is 17.0 Å². The molecule has 3 heteroatoms.